The number of phenols is 1. The van der Waals surface area contributed by atoms with Gasteiger partial charge < -0.3 is 5.11 Å². The maximum Gasteiger partial charge on any atom is 0.278 e. The van der Waals surface area contributed by atoms with Crippen molar-refractivity contribution in [2.75, 3.05) is 5.75 Å². The number of amides is 1. The number of nitro benzene ring substituents is 1. The SMILES string of the molecule is Cc1cc(CSCC(=O)NN=Cc2ccccc2[N+](=O)[O-])cc(C)c1O. The van der Waals surface area contributed by atoms with E-state index in [4.69, 9.17) is 0 Å². The van der Waals surface area contributed by atoms with Crippen molar-refractivity contribution < 1.29 is 14.8 Å². The normalized spacial score (nSPS) is 10.8. The van der Waals surface area contributed by atoms with Gasteiger partial charge in [-0.15, -0.1) is 11.8 Å². The van der Waals surface area contributed by atoms with Crippen molar-refractivity contribution in [3.8, 4) is 5.75 Å². The van der Waals surface area contributed by atoms with E-state index >= 15 is 0 Å². The number of nitrogens with zero attached hydrogens (tertiary/aromatic N) is 2. The van der Waals surface area contributed by atoms with Gasteiger partial charge in [0, 0.05) is 11.8 Å². The average Bonchev–Trinajstić information content (AvgIpc) is 2.60. The minimum Gasteiger partial charge on any atom is -0.507 e. The Morgan fingerprint density at radius 3 is 2.62 bits per heavy atom. The maximum absolute atomic E-state index is 11.8. The summed E-state index contributed by atoms with van der Waals surface area (Å²) >= 11 is 1.42. The van der Waals surface area contributed by atoms with Crippen LogP contribution in [0.2, 0.25) is 0 Å². The monoisotopic (exact) mass is 373 g/mol. The maximum atomic E-state index is 11.8. The van der Waals surface area contributed by atoms with Crippen molar-refractivity contribution in [2.45, 2.75) is 19.6 Å². The summed E-state index contributed by atoms with van der Waals surface area (Å²) < 4.78 is 0. The van der Waals surface area contributed by atoms with E-state index in [0.717, 1.165) is 16.7 Å². The van der Waals surface area contributed by atoms with Crippen LogP contribution >= 0.6 is 11.8 Å². The predicted octanol–water partition coefficient (Wildman–Crippen LogP) is 3.30. The molecule has 0 saturated heterocycles. The molecule has 0 fully saturated rings. The lowest BCUT2D eigenvalue weighted by molar-refractivity contribution is -0.385. The van der Waals surface area contributed by atoms with Crippen molar-refractivity contribution >= 4 is 29.6 Å². The fraction of sp³-hybridized carbons (Fsp3) is 0.222. The fourth-order valence-electron chi connectivity index (χ4n) is 2.36. The van der Waals surface area contributed by atoms with E-state index < -0.39 is 4.92 Å². The Balaban J connectivity index is 1.84. The molecule has 1 amide bonds. The predicted molar refractivity (Wildman–Crippen MR) is 103 cm³/mol. The summed E-state index contributed by atoms with van der Waals surface area (Å²) in [4.78, 5) is 22.2. The third kappa shape index (κ3) is 5.32. The zero-order valence-corrected chi connectivity index (χ0v) is 15.2. The van der Waals surface area contributed by atoms with Gasteiger partial charge in [-0.05, 0) is 36.6 Å². The molecule has 0 spiro atoms. The number of phenolic OH excluding ortho intramolecular Hbond substituents is 1. The Morgan fingerprint density at radius 1 is 1.31 bits per heavy atom. The molecule has 2 rings (SSSR count). The first-order chi connectivity index (χ1) is 12.4. The molecule has 0 aliphatic carbocycles. The highest BCUT2D eigenvalue weighted by Crippen LogP contribution is 2.25. The van der Waals surface area contributed by atoms with E-state index in [1.807, 2.05) is 26.0 Å². The third-order valence-corrected chi connectivity index (χ3v) is 4.58. The molecule has 2 aromatic carbocycles. The molecule has 0 aliphatic heterocycles. The van der Waals surface area contributed by atoms with Crippen molar-refractivity contribution in [3.63, 3.8) is 0 Å². The number of hydrogen-bond donors (Lipinski definition) is 2. The van der Waals surface area contributed by atoms with Crippen molar-refractivity contribution in [1.29, 1.82) is 0 Å². The first-order valence-corrected chi connectivity index (χ1v) is 8.96. The summed E-state index contributed by atoms with van der Waals surface area (Å²) in [5.74, 6) is 0.828. The van der Waals surface area contributed by atoms with Crippen LogP contribution in [0.3, 0.4) is 0 Å². The van der Waals surface area contributed by atoms with Gasteiger partial charge in [0.15, 0.2) is 0 Å². The van der Waals surface area contributed by atoms with E-state index in [-0.39, 0.29) is 17.3 Å². The van der Waals surface area contributed by atoms with Crippen LogP contribution in [0, 0.1) is 24.0 Å². The summed E-state index contributed by atoms with van der Waals surface area (Å²) in [6.45, 7) is 3.67. The lowest BCUT2D eigenvalue weighted by atomic mass is 10.1. The minimum atomic E-state index is -0.499. The summed E-state index contributed by atoms with van der Waals surface area (Å²) in [5.41, 5.74) is 5.25. The number of benzene rings is 2. The Labute approximate surface area is 155 Å². The van der Waals surface area contributed by atoms with Gasteiger partial charge in [-0.1, -0.05) is 24.3 Å². The molecular formula is C18H19N3O4S. The number of para-hydroxylation sites is 1. The lowest BCUT2D eigenvalue weighted by Gasteiger charge is -2.07. The number of aromatic hydroxyl groups is 1. The number of nitrogens with one attached hydrogen (secondary N) is 1. The zero-order chi connectivity index (χ0) is 19.1. The van der Waals surface area contributed by atoms with Gasteiger partial charge in [0.25, 0.3) is 5.69 Å². The van der Waals surface area contributed by atoms with Crippen molar-refractivity contribution in [2.24, 2.45) is 5.10 Å². The number of hydrogen-bond acceptors (Lipinski definition) is 6. The zero-order valence-electron chi connectivity index (χ0n) is 14.4. The van der Waals surface area contributed by atoms with Crippen LogP contribution in [0.5, 0.6) is 5.75 Å². The quantitative estimate of drug-likeness (QED) is 0.440. The highest BCUT2D eigenvalue weighted by molar-refractivity contribution is 7.99. The van der Waals surface area contributed by atoms with Crippen LogP contribution < -0.4 is 5.43 Å². The Hall–Kier alpha value is -2.87. The lowest BCUT2D eigenvalue weighted by Crippen LogP contribution is -2.19. The molecule has 0 aliphatic rings. The Kier molecular flexibility index (Phi) is 6.74. The van der Waals surface area contributed by atoms with E-state index in [2.05, 4.69) is 10.5 Å². The highest BCUT2D eigenvalue weighted by atomic mass is 32.2. The fourth-order valence-corrected chi connectivity index (χ4v) is 3.11. The molecule has 136 valence electrons. The number of nitro groups is 1. The molecule has 2 N–H and O–H groups in total. The second kappa shape index (κ2) is 9.00. The van der Waals surface area contributed by atoms with Crippen LogP contribution in [-0.2, 0) is 10.5 Å². The Morgan fingerprint density at radius 2 is 1.96 bits per heavy atom. The molecule has 7 nitrogen and oxygen atoms in total. The summed E-state index contributed by atoms with van der Waals surface area (Å²) in [7, 11) is 0. The average molecular weight is 373 g/mol. The molecule has 26 heavy (non-hydrogen) atoms. The van der Waals surface area contributed by atoms with E-state index in [1.165, 1.54) is 24.0 Å². The van der Waals surface area contributed by atoms with Crippen molar-refractivity contribution in [3.05, 3.63) is 68.8 Å². The van der Waals surface area contributed by atoms with Gasteiger partial charge in [-0.2, -0.15) is 5.10 Å². The molecular weight excluding hydrogens is 354 g/mol. The van der Waals surface area contributed by atoms with E-state index in [1.54, 1.807) is 18.2 Å². The van der Waals surface area contributed by atoms with E-state index in [0.29, 0.717) is 17.1 Å². The number of hydrazone groups is 1. The number of thioether (sulfide) groups is 1. The third-order valence-electron chi connectivity index (χ3n) is 3.58. The highest BCUT2D eigenvalue weighted by Gasteiger charge is 2.10. The molecule has 2 aromatic rings. The van der Waals surface area contributed by atoms with Gasteiger partial charge in [0.2, 0.25) is 5.91 Å². The summed E-state index contributed by atoms with van der Waals surface area (Å²) in [6.07, 6.45) is 1.26. The van der Waals surface area contributed by atoms with Crippen LogP contribution in [0.1, 0.15) is 22.3 Å². The van der Waals surface area contributed by atoms with Crippen molar-refractivity contribution in [1.82, 2.24) is 5.43 Å². The molecule has 8 heteroatoms. The number of carbonyl (C=O) groups excluding carboxylic acids is 1. The first kappa shape index (κ1) is 19.5. The summed E-state index contributed by atoms with van der Waals surface area (Å²) in [6, 6.07) is 9.93. The second-order valence-corrected chi connectivity index (χ2v) is 6.67. The summed E-state index contributed by atoms with van der Waals surface area (Å²) in [5, 5.41) is 24.4. The van der Waals surface area contributed by atoms with Crippen LogP contribution in [0.25, 0.3) is 0 Å². The van der Waals surface area contributed by atoms with E-state index in [9.17, 15) is 20.0 Å². The second-order valence-electron chi connectivity index (χ2n) is 5.68. The minimum absolute atomic E-state index is 0.0713. The number of rotatable bonds is 7. The van der Waals surface area contributed by atoms with Gasteiger partial charge in [0.05, 0.1) is 22.5 Å². The molecule has 0 heterocycles. The van der Waals surface area contributed by atoms with Crippen LogP contribution in [-0.4, -0.2) is 27.9 Å². The first-order valence-electron chi connectivity index (χ1n) is 7.80. The van der Waals surface area contributed by atoms with Crippen LogP contribution in [0.15, 0.2) is 41.5 Å². The van der Waals surface area contributed by atoms with Gasteiger partial charge in [-0.3, -0.25) is 14.9 Å². The number of carbonyl (C=O) groups is 1. The topological polar surface area (TPSA) is 105 Å². The Bertz CT molecular complexity index is 829. The molecule has 0 atom stereocenters. The molecule has 0 saturated carbocycles. The number of aryl methyl sites for hydroxylation is 2. The smallest absolute Gasteiger partial charge is 0.278 e. The van der Waals surface area contributed by atoms with Gasteiger partial charge in [0.1, 0.15) is 5.75 Å². The standard InChI is InChI=1S/C18H19N3O4S/c1-12-7-14(8-13(2)18(12)23)10-26-11-17(22)20-19-9-15-5-3-4-6-16(15)21(24)25/h3-9,23H,10-11H2,1-2H3,(H,20,22). The van der Waals surface area contributed by atoms with Crippen LogP contribution in [0.4, 0.5) is 5.69 Å². The molecule has 0 aromatic heterocycles. The largest absolute Gasteiger partial charge is 0.507 e. The molecule has 0 unspecified atom stereocenters. The van der Waals surface area contributed by atoms with Gasteiger partial charge >= 0.3 is 0 Å². The molecule has 0 radical (unpaired) electrons. The molecule has 0 bridgehead atoms. The van der Waals surface area contributed by atoms with Gasteiger partial charge in [-0.25, -0.2) is 5.43 Å².